The Hall–Kier alpha value is -2.90. The van der Waals surface area contributed by atoms with Gasteiger partial charge in [-0.2, -0.15) is 23.1 Å². The van der Waals surface area contributed by atoms with Crippen molar-refractivity contribution < 1.29 is 22.6 Å². The summed E-state index contributed by atoms with van der Waals surface area (Å²) in [6.07, 6.45) is -3.44. The third-order valence-corrected chi connectivity index (χ3v) is 2.84. The summed E-state index contributed by atoms with van der Waals surface area (Å²) in [5.74, 6) is 0.482. The minimum absolute atomic E-state index is 0.145. The maximum atomic E-state index is 12.1. The van der Waals surface area contributed by atoms with Crippen LogP contribution in [0.4, 0.5) is 13.2 Å². The molecule has 0 amide bonds. The minimum atomic E-state index is -4.47. The van der Waals surface area contributed by atoms with Crippen LogP contribution in [0.25, 0.3) is 10.8 Å². The van der Waals surface area contributed by atoms with Crippen LogP contribution >= 0.6 is 0 Å². The van der Waals surface area contributed by atoms with E-state index in [0.29, 0.717) is 5.75 Å². The highest BCUT2D eigenvalue weighted by Gasteiger charge is 2.29. The van der Waals surface area contributed by atoms with E-state index >= 15 is 0 Å². The second kappa shape index (κ2) is 6.07. The monoisotopic (exact) mass is 321 g/mol. The van der Waals surface area contributed by atoms with Crippen LogP contribution in [0, 0.1) is 0 Å². The van der Waals surface area contributed by atoms with Gasteiger partial charge in [-0.25, -0.2) is 0 Å². The van der Waals surface area contributed by atoms with Gasteiger partial charge < -0.3 is 9.47 Å². The molecule has 0 bridgehead atoms. The van der Waals surface area contributed by atoms with Crippen molar-refractivity contribution in [1.29, 1.82) is 0 Å². The zero-order valence-electron chi connectivity index (χ0n) is 11.6. The van der Waals surface area contributed by atoms with Crippen LogP contribution in [0.1, 0.15) is 0 Å². The van der Waals surface area contributed by atoms with E-state index in [0.717, 1.165) is 17.1 Å². The van der Waals surface area contributed by atoms with E-state index < -0.39 is 18.8 Å². The van der Waals surface area contributed by atoms with Gasteiger partial charge >= 0.3 is 18.2 Å². The van der Waals surface area contributed by atoms with Gasteiger partial charge in [0.15, 0.2) is 6.61 Å². The molecule has 0 radical (unpaired) electrons. The van der Waals surface area contributed by atoms with Gasteiger partial charge in [0.2, 0.25) is 0 Å². The number of aromatic nitrogens is 3. The molecule has 0 aliphatic carbocycles. The van der Waals surface area contributed by atoms with Crippen molar-refractivity contribution in [3.63, 3.8) is 0 Å². The van der Waals surface area contributed by atoms with Gasteiger partial charge in [0.1, 0.15) is 12.1 Å². The largest absolute Gasteiger partial charge is 0.454 e. The summed E-state index contributed by atoms with van der Waals surface area (Å²) >= 11 is 0. The molecule has 0 saturated carbocycles. The summed E-state index contributed by atoms with van der Waals surface area (Å²) in [6.45, 7) is -1.48. The molecule has 0 N–H and O–H groups in total. The highest BCUT2D eigenvalue weighted by atomic mass is 19.4. The van der Waals surface area contributed by atoms with Gasteiger partial charge in [0.05, 0.1) is 0 Å². The van der Waals surface area contributed by atoms with Crippen molar-refractivity contribution in [1.82, 2.24) is 15.0 Å². The maximum absolute atomic E-state index is 12.1. The molecule has 5 nitrogen and oxygen atoms in total. The standard InChI is InChI=1S/C15H10F3N3O2/c16-15(17,18)8-22-13-19-9-20-14(21-13)23-12-7-3-5-10-4-1-2-6-11(10)12/h1-7,9H,8H2. The molecular formula is C15H10F3N3O2. The molecule has 3 aromatic rings. The summed E-state index contributed by atoms with van der Waals surface area (Å²) in [5.41, 5.74) is 0. The van der Waals surface area contributed by atoms with E-state index in [1.807, 2.05) is 30.3 Å². The zero-order chi connectivity index (χ0) is 16.3. The van der Waals surface area contributed by atoms with Gasteiger partial charge in [-0.15, -0.1) is 4.98 Å². The van der Waals surface area contributed by atoms with Crippen molar-refractivity contribution >= 4 is 10.8 Å². The number of nitrogens with zero attached hydrogens (tertiary/aromatic N) is 3. The lowest BCUT2D eigenvalue weighted by molar-refractivity contribution is -0.154. The van der Waals surface area contributed by atoms with Crippen molar-refractivity contribution in [3.05, 3.63) is 48.8 Å². The number of ether oxygens (including phenoxy) is 2. The SMILES string of the molecule is FC(F)(F)COc1ncnc(Oc2cccc3ccccc23)n1. The summed E-state index contributed by atoms with van der Waals surface area (Å²) in [4.78, 5) is 11.0. The summed E-state index contributed by atoms with van der Waals surface area (Å²) < 4.78 is 46.4. The second-order valence-corrected chi connectivity index (χ2v) is 4.53. The second-order valence-electron chi connectivity index (χ2n) is 4.53. The average molecular weight is 321 g/mol. The first-order valence-corrected chi connectivity index (χ1v) is 6.55. The van der Waals surface area contributed by atoms with Crippen LogP contribution in [0.2, 0.25) is 0 Å². The smallest absolute Gasteiger partial charge is 0.422 e. The summed E-state index contributed by atoms with van der Waals surface area (Å²) in [7, 11) is 0. The number of alkyl halides is 3. The number of benzene rings is 2. The van der Waals surface area contributed by atoms with Crippen LogP contribution in [0.15, 0.2) is 48.8 Å². The van der Waals surface area contributed by atoms with Crippen molar-refractivity contribution in [2.45, 2.75) is 6.18 Å². The molecule has 1 heterocycles. The predicted octanol–water partition coefficient (Wildman–Crippen LogP) is 3.76. The van der Waals surface area contributed by atoms with Crippen LogP contribution < -0.4 is 9.47 Å². The minimum Gasteiger partial charge on any atom is -0.454 e. The highest BCUT2D eigenvalue weighted by molar-refractivity contribution is 5.88. The molecule has 0 fully saturated rings. The number of fused-ring (bicyclic) bond motifs is 1. The Morgan fingerprint density at radius 1 is 0.913 bits per heavy atom. The lowest BCUT2D eigenvalue weighted by atomic mass is 10.1. The van der Waals surface area contributed by atoms with E-state index in [2.05, 4.69) is 19.7 Å². The van der Waals surface area contributed by atoms with Crippen LogP contribution in [-0.2, 0) is 0 Å². The predicted molar refractivity (Wildman–Crippen MR) is 75.4 cm³/mol. The molecule has 1 aromatic heterocycles. The molecule has 0 spiro atoms. The van der Waals surface area contributed by atoms with Gasteiger partial charge in [-0.3, -0.25) is 0 Å². The van der Waals surface area contributed by atoms with Crippen molar-refractivity contribution in [3.8, 4) is 17.8 Å². The molecule has 3 rings (SSSR count). The molecule has 0 unspecified atom stereocenters. The first kappa shape index (κ1) is 15.0. The van der Waals surface area contributed by atoms with Crippen LogP contribution in [-0.4, -0.2) is 27.7 Å². The number of hydrogen-bond donors (Lipinski definition) is 0. The molecule has 23 heavy (non-hydrogen) atoms. The Labute approximate surface area is 128 Å². The fourth-order valence-corrected chi connectivity index (χ4v) is 1.92. The van der Waals surface area contributed by atoms with Gasteiger partial charge in [0.25, 0.3) is 0 Å². The molecular weight excluding hydrogens is 311 g/mol. The Bertz CT molecular complexity index is 819. The molecule has 0 saturated heterocycles. The fourth-order valence-electron chi connectivity index (χ4n) is 1.92. The number of rotatable bonds is 4. The Morgan fingerprint density at radius 3 is 2.48 bits per heavy atom. The Kier molecular flexibility index (Phi) is 3.96. The zero-order valence-corrected chi connectivity index (χ0v) is 11.6. The normalized spacial score (nSPS) is 11.4. The average Bonchev–Trinajstić information content (AvgIpc) is 2.53. The van der Waals surface area contributed by atoms with Gasteiger partial charge in [0, 0.05) is 5.39 Å². The van der Waals surface area contributed by atoms with Crippen molar-refractivity contribution in [2.24, 2.45) is 0 Å². The molecule has 0 atom stereocenters. The molecule has 0 aliphatic heterocycles. The lowest BCUT2D eigenvalue weighted by Gasteiger charge is -2.09. The molecule has 118 valence electrons. The van der Waals surface area contributed by atoms with Gasteiger partial charge in [-0.1, -0.05) is 36.4 Å². The number of halogens is 3. The first-order chi connectivity index (χ1) is 11.0. The fraction of sp³-hybridized carbons (Fsp3) is 0.133. The Balaban J connectivity index is 1.82. The lowest BCUT2D eigenvalue weighted by Crippen LogP contribution is -2.20. The van der Waals surface area contributed by atoms with E-state index in [4.69, 9.17) is 4.74 Å². The molecule has 2 aromatic carbocycles. The quantitative estimate of drug-likeness (QED) is 0.732. The van der Waals surface area contributed by atoms with Crippen LogP contribution in [0.5, 0.6) is 17.8 Å². The molecule has 8 heteroatoms. The molecule has 0 aliphatic rings. The van der Waals surface area contributed by atoms with Crippen LogP contribution in [0.3, 0.4) is 0 Å². The van der Waals surface area contributed by atoms with E-state index in [9.17, 15) is 13.2 Å². The first-order valence-electron chi connectivity index (χ1n) is 6.55. The van der Waals surface area contributed by atoms with E-state index in [1.54, 1.807) is 12.1 Å². The van der Waals surface area contributed by atoms with Crippen molar-refractivity contribution in [2.75, 3.05) is 6.61 Å². The van der Waals surface area contributed by atoms with E-state index in [-0.39, 0.29) is 6.01 Å². The topological polar surface area (TPSA) is 57.1 Å². The van der Waals surface area contributed by atoms with Gasteiger partial charge in [-0.05, 0) is 11.5 Å². The number of hydrogen-bond acceptors (Lipinski definition) is 5. The third-order valence-electron chi connectivity index (χ3n) is 2.84. The maximum Gasteiger partial charge on any atom is 0.422 e. The summed E-state index contributed by atoms with van der Waals surface area (Å²) in [6, 6.07) is 12.3. The summed E-state index contributed by atoms with van der Waals surface area (Å²) in [5, 5.41) is 1.78. The third kappa shape index (κ3) is 3.85. The van der Waals surface area contributed by atoms with E-state index in [1.165, 1.54) is 0 Å². The Morgan fingerprint density at radius 2 is 1.65 bits per heavy atom. The highest BCUT2D eigenvalue weighted by Crippen LogP contribution is 2.28.